The lowest BCUT2D eigenvalue weighted by Crippen LogP contribution is -2.39. The van der Waals surface area contributed by atoms with Crippen molar-refractivity contribution >= 4 is 5.91 Å². The lowest BCUT2D eigenvalue weighted by Gasteiger charge is -2.30. The largest absolute Gasteiger partial charge is 0.416 e. The van der Waals surface area contributed by atoms with Gasteiger partial charge in [-0.05, 0) is 44.5 Å². The Hall–Kier alpha value is -1.56. The fourth-order valence-electron chi connectivity index (χ4n) is 3.43. The smallest absolute Gasteiger partial charge is 0.355 e. The molecule has 1 aromatic carbocycles. The minimum atomic E-state index is -4.34. The normalized spacial score (nSPS) is 17.0. The second kappa shape index (κ2) is 8.01. The predicted octanol–water partition coefficient (Wildman–Crippen LogP) is 3.63. The average molecular weight is 342 g/mol. The molecule has 24 heavy (non-hydrogen) atoms. The van der Waals surface area contributed by atoms with Crippen LogP contribution in [0.15, 0.2) is 24.3 Å². The van der Waals surface area contributed by atoms with E-state index >= 15 is 0 Å². The Morgan fingerprint density at radius 1 is 1.25 bits per heavy atom. The highest BCUT2D eigenvalue weighted by Gasteiger charge is 2.38. The van der Waals surface area contributed by atoms with Crippen molar-refractivity contribution in [3.8, 4) is 0 Å². The maximum absolute atomic E-state index is 13.0. The van der Waals surface area contributed by atoms with Crippen molar-refractivity contribution in [1.82, 2.24) is 10.6 Å². The van der Waals surface area contributed by atoms with E-state index in [4.69, 9.17) is 0 Å². The van der Waals surface area contributed by atoms with Gasteiger partial charge in [0.05, 0.1) is 5.56 Å². The zero-order valence-electron chi connectivity index (χ0n) is 14.0. The van der Waals surface area contributed by atoms with E-state index in [0.717, 1.165) is 44.7 Å². The van der Waals surface area contributed by atoms with Crippen molar-refractivity contribution in [3.05, 3.63) is 35.4 Å². The molecule has 0 bridgehead atoms. The Balaban J connectivity index is 2.09. The molecule has 6 heteroatoms. The molecule has 1 aromatic rings. The van der Waals surface area contributed by atoms with Crippen molar-refractivity contribution in [2.45, 2.75) is 50.1 Å². The number of amides is 1. The van der Waals surface area contributed by atoms with Gasteiger partial charge in [-0.1, -0.05) is 31.0 Å². The van der Waals surface area contributed by atoms with Gasteiger partial charge in [0.2, 0.25) is 5.91 Å². The number of carbonyl (C=O) groups is 1. The molecule has 0 aliphatic heterocycles. The number of hydrogen-bond acceptors (Lipinski definition) is 2. The molecule has 2 rings (SSSR count). The van der Waals surface area contributed by atoms with Crippen LogP contribution in [-0.2, 0) is 16.4 Å². The zero-order valence-corrected chi connectivity index (χ0v) is 14.0. The van der Waals surface area contributed by atoms with Gasteiger partial charge in [0.25, 0.3) is 0 Å². The first-order valence-electron chi connectivity index (χ1n) is 8.46. The summed E-state index contributed by atoms with van der Waals surface area (Å²) in [5.74, 6) is -0.0384. The lowest BCUT2D eigenvalue weighted by molar-refractivity contribution is -0.137. The van der Waals surface area contributed by atoms with Crippen molar-refractivity contribution in [2.24, 2.45) is 0 Å². The van der Waals surface area contributed by atoms with Crippen LogP contribution in [0, 0.1) is 0 Å². The summed E-state index contributed by atoms with van der Waals surface area (Å²) in [5, 5.41) is 5.92. The molecule has 0 spiro atoms. The summed E-state index contributed by atoms with van der Waals surface area (Å²) in [5.41, 5.74) is -0.308. The highest BCUT2D eigenvalue weighted by Crippen LogP contribution is 2.42. The van der Waals surface area contributed by atoms with Gasteiger partial charge in [-0.2, -0.15) is 13.2 Å². The predicted molar refractivity (Wildman–Crippen MR) is 87.8 cm³/mol. The lowest BCUT2D eigenvalue weighted by atomic mass is 9.78. The van der Waals surface area contributed by atoms with E-state index in [2.05, 4.69) is 10.6 Å². The molecule has 0 atom stereocenters. The molecule has 1 fully saturated rings. The summed E-state index contributed by atoms with van der Waals surface area (Å²) in [4.78, 5) is 12.0. The van der Waals surface area contributed by atoms with Crippen molar-refractivity contribution in [3.63, 3.8) is 0 Å². The zero-order chi connectivity index (χ0) is 17.6. The molecule has 3 nitrogen and oxygen atoms in total. The quantitative estimate of drug-likeness (QED) is 0.743. The number of carbonyl (C=O) groups excluding carboxylic acids is 1. The van der Waals surface area contributed by atoms with E-state index in [1.54, 1.807) is 6.07 Å². The Kier molecular flexibility index (Phi) is 6.27. The first-order valence-corrected chi connectivity index (χ1v) is 8.46. The van der Waals surface area contributed by atoms with Gasteiger partial charge in [0, 0.05) is 18.4 Å². The highest BCUT2D eigenvalue weighted by atomic mass is 19.4. The third kappa shape index (κ3) is 4.72. The van der Waals surface area contributed by atoms with Gasteiger partial charge < -0.3 is 10.6 Å². The molecule has 0 unspecified atom stereocenters. The maximum atomic E-state index is 13.0. The van der Waals surface area contributed by atoms with Crippen LogP contribution in [0.5, 0.6) is 0 Å². The highest BCUT2D eigenvalue weighted by molar-refractivity contribution is 5.76. The minimum Gasteiger partial charge on any atom is -0.355 e. The Morgan fingerprint density at radius 2 is 1.96 bits per heavy atom. The van der Waals surface area contributed by atoms with Crippen molar-refractivity contribution in [2.75, 3.05) is 20.1 Å². The van der Waals surface area contributed by atoms with Crippen LogP contribution in [0.3, 0.4) is 0 Å². The standard InChI is InChI=1S/C18H25F3N2O/c1-22-11-5-8-16(24)23-13-17(9-2-3-10-17)14-6-4-7-15(12-14)18(19,20)21/h4,6-7,12,22H,2-3,5,8-11,13H2,1H3,(H,23,24). The van der Waals surface area contributed by atoms with Crippen molar-refractivity contribution in [1.29, 1.82) is 0 Å². The summed E-state index contributed by atoms with van der Waals surface area (Å²) in [7, 11) is 1.83. The summed E-state index contributed by atoms with van der Waals surface area (Å²) in [6, 6.07) is 5.57. The summed E-state index contributed by atoms with van der Waals surface area (Å²) in [6.45, 7) is 1.18. The molecular weight excluding hydrogens is 317 g/mol. The van der Waals surface area contributed by atoms with Gasteiger partial charge in [-0.25, -0.2) is 0 Å². The fourth-order valence-corrected chi connectivity index (χ4v) is 3.43. The SMILES string of the molecule is CNCCCC(=O)NCC1(c2cccc(C(F)(F)F)c2)CCCC1. The first kappa shape index (κ1) is 18.8. The van der Waals surface area contributed by atoms with E-state index in [1.807, 2.05) is 7.05 Å². The van der Waals surface area contributed by atoms with Crippen LogP contribution < -0.4 is 10.6 Å². The molecule has 1 aliphatic rings. The van der Waals surface area contributed by atoms with E-state index in [-0.39, 0.29) is 11.3 Å². The summed E-state index contributed by atoms with van der Waals surface area (Å²) in [6.07, 6.45) is 0.415. The number of nitrogens with one attached hydrogen (secondary N) is 2. The third-order valence-corrected chi connectivity index (χ3v) is 4.82. The number of hydrogen-bond donors (Lipinski definition) is 2. The molecule has 2 N–H and O–H groups in total. The molecule has 0 aromatic heterocycles. The molecule has 134 valence electrons. The van der Waals surface area contributed by atoms with Crippen LogP contribution in [0.25, 0.3) is 0 Å². The van der Waals surface area contributed by atoms with Gasteiger partial charge in [-0.15, -0.1) is 0 Å². The van der Waals surface area contributed by atoms with E-state index in [1.165, 1.54) is 12.1 Å². The van der Waals surface area contributed by atoms with Gasteiger partial charge in [0.1, 0.15) is 0 Å². The Labute approximate surface area is 141 Å². The maximum Gasteiger partial charge on any atom is 0.416 e. The molecule has 1 saturated carbocycles. The van der Waals surface area contributed by atoms with Gasteiger partial charge in [0.15, 0.2) is 0 Å². The van der Waals surface area contributed by atoms with Crippen LogP contribution in [-0.4, -0.2) is 26.0 Å². The number of halogens is 3. The second-order valence-electron chi connectivity index (χ2n) is 6.55. The van der Waals surface area contributed by atoms with Crippen LogP contribution in [0.1, 0.15) is 49.7 Å². The number of benzene rings is 1. The van der Waals surface area contributed by atoms with Crippen LogP contribution >= 0.6 is 0 Å². The van der Waals surface area contributed by atoms with E-state index in [0.29, 0.717) is 18.5 Å². The van der Waals surface area contributed by atoms with E-state index in [9.17, 15) is 18.0 Å². The molecular formula is C18H25F3N2O. The molecule has 1 amide bonds. The van der Waals surface area contributed by atoms with Crippen molar-refractivity contribution < 1.29 is 18.0 Å². The summed E-state index contributed by atoms with van der Waals surface area (Å²) < 4.78 is 39.0. The Bertz CT molecular complexity index is 551. The molecule has 1 aliphatic carbocycles. The van der Waals surface area contributed by atoms with Gasteiger partial charge >= 0.3 is 6.18 Å². The first-order chi connectivity index (χ1) is 11.4. The van der Waals surface area contributed by atoms with Crippen LogP contribution in [0.4, 0.5) is 13.2 Å². The van der Waals surface area contributed by atoms with Gasteiger partial charge in [-0.3, -0.25) is 4.79 Å². The third-order valence-electron chi connectivity index (χ3n) is 4.82. The second-order valence-corrected chi connectivity index (χ2v) is 6.55. The Morgan fingerprint density at radius 3 is 2.58 bits per heavy atom. The molecule has 0 saturated heterocycles. The average Bonchev–Trinajstić information content (AvgIpc) is 3.03. The topological polar surface area (TPSA) is 41.1 Å². The molecule has 0 radical (unpaired) electrons. The number of alkyl halides is 3. The van der Waals surface area contributed by atoms with Crippen LogP contribution in [0.2, 0.25) is 0 Å². The monoisotopic (exact) mass is 342 g/mol. The van der Waals surface area contributed by atoms with E-state index < -0.39 is 11.7 Å². The fraction of sp³-hybridized carbons (Fsp3) is 0.611. The molecule has 0 heterocycles. The number of rotatable bonds is 7. The minimum absolute atomic E-state index is 0.0384. The summed E-state index contributed by atoms with van der Waals surface area (Å²) >= 11 is 0.